The van der Waals surface area contributed by atoms with Crippen LogP contribution in [0.2, 0.25) is 0 Å². The number of fused-ring (bicyclic) bond motifs is 1. The van der Waals surface area contributed by atoms with E-state index in [1.165, 1.54) is 0 Å². The van der Waals surface area contributed by atoms with Crippen LogP contribution >= 0.6 is 0 Å². The first kappa shape index (κ1) is 11.3. The molecule has 1 aromatic rings. The van der Waals surface area contributed by atoms with Crippen molar-refractivity contribution in [2.45, 2.75) is 32.6 Å². The summed E-state index contributed by atoms with van der Waals surface area (Å²) in [7, 11) is 0. The maximum atomic E-state index is 11.7. The smallest absolute Gasteiger partial charge is 0.277 e. The van der Waals surface area contributed by atoms with Gasteiger partial charge in [-0.25, -0.2) is 0 Å². The zero-order chi connectivity index (χ0) is 12.9. The summed E-state index contributed by atoms with van der Waals surface area (Å²) >= 11 is 0. The van der Waals surface area contributed by atoms with Gasteiger partial charge in [-0.2, -0.15) is 4.98 Å². The van der Waals surface area contributed by atoms with Crippen LogP contribution in [0.4, 0.5) is 17.5 Å². The molecule has 3 unspecified atom stereocenters. The number of nitrogens with two attached hydrogens (primary N) is 1. The molecule has 3 rings (SSSR count). The SMILES string of the molecule is CC1CC(C)C(N2CNc3c2nc(N)[nH]c3=O)O1. The van der Waals surface area contributed by atoms with Gasteiger partial charge < -0.3 is 20.7 Å². The number of nitrogens with zero attached hydrogens (tertiary/aromatic N) is 2. The lowest BCUT2D eigenvalue weighted by molar-refractivity contribution is 0.0449. The fourth-order valence-corrected chi connectivity index (χ4v) is 2.74. The Bertz CT molecular complexity index is 529. The number of rotatable bonds is 1. The highest BCUT2D eigenvalue weighted by molar-refractivity contribution is 5.71. The third kappa shape index (κ3) is 1.62. The summed E-state index contributed by atoms with van der Waals surface area (Å²) in [4.78, 5) is 20.4. The Hall–Kier alpha value is -1.76. The Morgan fingerprint density at radius 1 is 1.50 bits per heavy atom. The molecule has 0 spiro atoms. The molecular formula is C11H17N5O2. The molecule has 7 nitrogen and oxygen atoms in total. The van der Waals surface area contributed by atoms with Crippen LogP contribution in [-0.4, -0.2) is 29.0 Å². The Morgan fingerprint density at radius 3 is 2.94 bits per heavy atom. The number of aromatic amines is 1. The molecule has 0 aliphatic carbocycles. The lowest BCUT2D eigenvalue weighted by Gasteiger charge is -2.27. The van der Waals surface area contributed by atoms with Crippen LogP contribution in [-0.2, 0) is 4.74 Å². The standard InChI is InChI=1S/C11H17N5O2/c1-5-3-6(2)18-10(5)16-4-13-7-8(16)14-11(12)15-9(7)17/h5-6,10,13H,3-4H2,1-2H3,(H3,12,14,15,17). The predicted molar refractivity (Wildman–Crippen MR) is 68.4 cm³/mol. The van der Waals surface area contributed by atoms with Crippen molar-refractivity contribution in [1.82, 2.24) is 9.97 Å². The number of hydrogen-bond acceptors (Lipinski definition) is 6. The maximum absolute atomic E-state index is 11.7. The van der Waals surface area contributed by atoms with Crippen molar-refractivity contribution >= 4 is 17.5 Å². The number of H-pyrrole nitrogens is 1. The number of aromatic nitrogens is 2. The number of ether oxygens (including phenoxy) is 1. The average molecular weight is 251 g/mol. The fraction of sp³-hybridized carbons (Fsp3) is 0.636. The Morgan fingerprint density at radius 2 is 2.28 bits per heavy atom. The van der Waals surface area contributed by atoms with Crippen molar-refractivity contribution in [1.29, 1.82) is 0 Å². The van der Waals surface area contributed by atoms with Crippen LogP contribution < -0.4 is 21.5 Å². The molecule has 0 bridgehead atoms. The van der Waals surface area contributed by atoms with Crippen molar-refractivity contribution in [3.63, 3.8) is 0 Å². The molecule has 18 heavy (non-hydrogen) atoms. The van der Waals surface area contributed by atoms with Crippen molar-refractivity contribution in [3.05, 3.63) is 10.4 Å². The summed E-state index contributed by atoms with van der Waals surface area (Å²) in [6.07, 6.45) is 1.19. The van der Waals surface area contributed by atoms with Gasteiger partial charge in [-0.15, -0.1) is 0 Å². The molecule has 0 radical (unpaired) electrons. The van der Waals surface area contributed by atoms with E-state index < -0.39 is 0 Å². The van der Waals surface area contributed by atoms with Crippen LogP contribution in [0, 0.1) is 5.92 Å². The molecule has 1 fully saturated rings. The van der Waals surface area contributed by atoms with E-state index >= 15 is 0 Å². The highest BCUT2D eigenvalue weighted by Crippen LogP contribution is 2.35. The van der Waals surface area contributed by atoms with E-state index in [2.05, 4.69) is 29.1 Å². The first-order valence-corrected chi connectivity index (χ1v) is 6.12. The molecule has 4 N–H and O–H groups in total. The van der Waals surface area contributed by atoms with Gasteiger partial charge in [0.15, 0.2) is 5.82 Å². The molecular weight excluding hydrogens is 234 g/mol. The van der Waals surface area contributed by atoms with Gasteiger partial charge in [0.1, 0.15) is 11.9 Å². The topological polar surface area (TPSA) is 96.3 Å². The molecule has 2 aliphatic heterocycles. The number of nitrogens with one attached hydrogen (secondary N) is 2. The van der Waals surface area contributed by atoms with E-state index in [1.807, 2.05) is 4.90 Å². The number of anilines is 3. The summed E-state index contributed by atoms with van der Waals surface area (Å²) in [5, 5.41) is 3.04. The molecule has 1 aromatic heterocycles. The summed E-state index contributed by atoms with van der Waals surface area (Å²) < 4.78 is 5.89. The first-order valence-electron chi connectivity index (χ1n) is 6.12. The maximum Gasteiger partial charge on any atom is 0.277 e. The van der Waals surface area contributed by atoms with Crippen molar-refractivity contribution in [3.8, 4) is 0 Å². The second kappa shape index (κ2) is 3.88. The zero-order valence-electron chi connectivity index (χ0n) is 10.4. The normalized spacial score (nSPS) is 30.3. The van der Waals surface area contributed by atoms with E-state index in [1.54, 1.807) is 0 Å². The summed E-state index contributed by atoms with van der Waals surface area (Å²) in [6.45, 7) is 4.72. The Balaban J connectivity index is 1.98. The largest absolute Gasteiger partial charge is 0.369 e. The molecule has 7 heteroatoms. The van der Waals surface area contributed by atoms with Crippen LogP contribution in [0.1, 0.15) is 20.3 Å². The monoisotopic (exact) mass is 251 g/mol. The quantitative estimate of drug-likeness (QED) is 0.665. The second-order valence-corrected chi connectivity index (χ2v) is 5.00. The zero-order valence-corrected chi connectivity index (χ0v) is 10.4. The summed E-state index contributed by atoms with van der Waals surface area (Å²) in [5.41, 5.74) is 5.83. The van der Waals surface area contributed by atoms with E-state index in [4.69, 9.17) is 10.5 Å². The predicted octanol–water partition coefficient (Wildman–Crippen LogP) is 0.312. The second-order valence-electron chi connectivity index (χ2n) is 5.00. The lowest BCUT2D eigenvalue weighted by Crippen LogP contribution is -2.38. The molecule has 0 amide bonds. The van der Waals surface area contributed by atoms with E-state index in [0.29, 0.717) is 24.1 Å². The highest BCUT2D eigenvalue weighted by atomic mass is 16.5. The van der Waals surface area contributed by atoms with E-state index in [9.17, 15) is 4.79 Å². The van der Waals surface area contributed by atoms with Gasteiger partial charge >= 0.3 is 0 Å². The molecule has 1 saturated heterocycles. The van der Waals surface area contributed by atoms with Crippen molar-refractivity contribution < 1.29 is 4.74 Å². The Kier molecular flexibility index (Phi) is 2.44. The van der Waals surface area contributed by atoms with Gasteiger partial charge in [-0.3, -0.25) is 9.78 Å². The van der Waals surface area contributed by atoms with Crippen molar-refractivity contribution in [2.75, 3.05) is 22.6 Å². The number of hydrogen-bond donors (Lipinski definition) is 3. The molecule has 3 heterocycles. The van der Waals surface area contributed by atoms with Gasteiger partial charge in [0.25, 0.3) is 5.56 Å². The number of nitrogen functional groups attached to an aromatic ring is 1. The minimum Gasteiger partial charge on any atom is -0.369 e. The average Bonchev–Trinajstić information content (AvgIpc) is 2.82. The van der Waals surface area contributed by atoms with Crippen LogP contribution in [0.15, 0.2) is 4.79 Å². The molecule has 0 aromatic carbocycles. The van der Waals surface area contributed by atoms with Gasteiger partial charge in [0.2, 0.25) is 5.95 Å². The lowest BCUT2D eigenvalue weighted by atomic mass is 10.1. The Labute approximate surface area is 104 Å². The fourth-order valence-electron chi connectivity index (χ4n) is 2.74. The molecule has 3 atom stereocenters. The summed E-state index contributed by atoms with van der Waals surface area (Å²) in [6, 6.07) is 0. The molecule has 2 aliphatic rings. The highest BCUT2D eigenvalue weighted by Gasteiger charge is 2.38. The third-order valence-corrected chi connectivity index (χ3v) is 3.49. The van der Waals surface area contributed by atoms with Gasteiger partial charge in [0, 0.05) is 5.92 Å². The van der Waals surface area contributed by atoms with Gasteiger partial charge in [-0.05, 0) is 13.3 Å². The van der Waals surface area contributed by atoms with Crippen LogP contribution in [0.25, 0.3) is 0 Å². The first-order chi connectivity index (χ1) is 8.56. The molecule has 0 saturated carbocycles. The minimum absolute atomic E-state index is 0.0533. The van der Waals surface area contributed by atoms with Crippen LogP contribution in [0.3, 0.4) is 0 Å². The summed E-state index contributed by atoms with van der Waals surface area (Å²) in [5.74, 6) is 1.11. The van der Waals surface area contributed by atoms with Gasteiger partial charge in [0.05, 0.1) is 12.8 Å². The minimum atomic E-state index is -0.237. The third-order valence-electron chi connectivity index (χ3n) is 3.49. The van der Waals surface area contributed by atoms with E-state index in [0.717, 1.165) is 6.42 Å². The van der Waals surface area contributed by atoms with Crippen molar-refractivity contribution in [2.24, 2.45) is 5.92 Å². The van der Waals surface area contributed by atoms with Crippen LogP contribution in [0.5, 0.6) is 0 Å². The molecule has 98 valence electrons. The van der Waals surface area contributed by atoms with Gasteiger partial charge in [-0.1, -0.05) is 6.92 Å². The van der Waals surface area contributed by atoms with E-state index in [-0.39, 0.29) is 23.8 Å².